The molecule has 24 heavy (non-hydrogen) atoms. The van der Waals surface area contributed by atoms with E-state index in [0.29, 0.717) is 16.0 Å². The summed E-state index contributed by atoms with van der Waals surface area (Å²) in [7, 11) is 0. The van der Waals surface area contributed by atoms with Gasteiger partial charge in [0.2, 0.25) is 0 Å². The highest BCUT2D eigenvalue weighted by atomic mass is 35.5. The van der Waals surface area contributed by atoms with Gasteiger partial charge < -0.3 is 9.72 Å². The van der Waals surface area contributed by atoms with Gasteiger partial charge in [-0.05, 0) is 30.5 Å². The van der Waals surface area contributed by atoms with Crippen LogP contribution < -0.4 is 5.32 Å². The molecule has 2 heterocycles. The van der Waals surface area contributed by atoms with Crippen molar-refractivity contribution in [3.8, 4) is 11.3 Å². The molecule has 4 nitrogen and oxygen atoms in total. The third kappa shape index (κ3) is 3.50. The van der Waals surface area contributed by atoms with Gasteiger partial charge in [0.25, 0.3) is 0 Å². The van der Waals surface area contributed by atoms with Gasteiger partial charge in [-0.15, -0.1) is 0 Å². The summed E-state index contributed by atoms with van der Waals surface area (Å²) in [5.41, 5.74) is 3.40. The number of benzene rings is 1. The lowest BCUT2D eigenvalue weighted by atomic mass is 10.1. The van der Waals surface area contributed by atoms with E-state index in [9.17, 15) is 0 Å². The maximum Gasteiger partial charge on any atom is 0.163 e. The van der Waals surface area contributed by atoms with E-state index in [1.165, 1.54) is 0 Å². The number of rotatable bonds is 5. The third-order valence-electron chi connectivity index (χ3n) is 3.73. The average molecular weight is 363 g/mol. The number of nitrogens with zero attached hydrogens (tertiary/aromatic N) is 3. The largest absolute Gasteiger partial charge is 0.369 e. The van der Waals surface area contributed by atoms with Crippen molar-refractivity contribution in [1.82, 2.24) is 14.4 Å². The molecule has 0 fully saturated rings. The first kappa shape index (κ1) is 17.1. The molecule has 0 unspecified atom stereocenters. The van der Waals surface area contributed by atoms with Crippen LogP contribution in [0.2, 0.25) is 10.0 Å². The Morgan fingerprint density at radius 1 is 1.17 bits per heavy atom. The Labute approximate surface area is 151 Å². The van der Waals surface area contributed by atoms with E-state index in [2.05, 4.69) is 31.1 Å². The number of halogens is 2. The molecule has 0 saturated carbocycles. The zero-order valence-electron chi connectivity index (χ0n) is 14.0. The summed E-state index contributed by atoms with van der Waals surface area (Å²) < 4.78 is 2.01. The monoisotopic (exact) mass is 362 g/mol. The quantitative estimate of drug-likeness (QED) is 0.666. The Morgan fingerprint density at radius 3 is 2.62 bits per heavy atom. The summed E-state index contributed by atoms with van der Waals surface area (Å²) in [5, 5.41) is 4.55. The molecule has 0 radical (unpaired) electrons. The van der Waals surface area contributed by atoms with Gasteiger partial charge >= 0.3 is 0 Å². The third-order valence-corrected chi connectivity index (χ3v) is 4.28. The smallest absolute Gasteiger partial charge is 0.163 e. The number of hydrogen-bond donors (Lipinski definition) is 1. The maximum absolute atomic E-state index is 6.40. The zero-order chi connectivity index (χ0) is 17.3. The summed E-state index contributed by atoms with van der Waals surface area (Å²) in [6.07, 6.45) is 4.87. The second kappa shape index (κ2) is 6.99. The molecule has 126 valence electrons. The van der Waals surface area contributed by atoms with E-state index in [4.69, 9.17) is 28.2 Å². The van der Waals surface area contributed by atoms with Gasteiger partial charge in [-0.2, -0.15) is 0 Å². The van der Waals surface area contributed by atoms with Crippen LogP contribution in [0.25, 0.3) is 16.9 Å². The van der Waals surface area contributed by atoms with Gasteiger partial charge in [-0.1, -0.05) is 44.0 Å². The summed E-state index contributed by atoms with van der Waals surface area (Å²) in [5.74, 6) is 1.33. The van der Waals surface area contributed by atoms with Crippen LogP contribution in [-0.2, 0) is 6.42 Å². The van der Waals surface area contributed by atoms with Crippen LogP contribution in [0.3, 0.4) is 0 Å². The van der Waals surface area contributed by atoms with Crippen molar-refractivity contribution in [1.29, 1.82) is 0 Å². The predicted octanol–water partition coefficient (Wildman–Crippen LogP) is 5.33. The van der Waals surface area contributed by atoms with Gasteiger partial charge in [-0.25, -0.2) is 9.97 Å². The lowest BCUT2D eigenvalue weighted by Crippen LogP contribution is -2.10. The van der Waals surface area contributed by atoms with Crippen LogP contribution in [0.1, 0.15) is 26.5 Å². The predicted molar refractivity (Wildman–Crippen MR) is 101 cm³/mol. The molecule has 2 aromatic heterocycles. The molecule has 0 aliphatic rings. The number of aromatic nitrogens is 3. The lowest BCUT2D eigenvalue weighted by Gasteiger charge is -2.12. The van der Waals surface area contributed by atoms with Gasteiger partial charge in [0, 0.05) is 23.3 Å². The molecule has 0 spiro atoms. The summed E-state index contributed by atoms with van der Waals surface area (Å²) in [4.78, 5) is 9.45. The van der Waals surface area contributed by atoms with Crippen molar-refractivity contribution >= 4 is 34.7 Å². The van der Waals surface area contributed by atoms with Crippen LogP contribution in [0.4, 0.5) is 5.82 Å². The Bertz CT molecular complexity index is 871. The first-order chi connectivity index (χ1) is 11.5. The molecule has 3 aromatic rings. The van der Waals surface area contributed by atoms with Crippen molar-refractivity contribution in [2.75, 3.05) is 11.9 Å². The number of anilines is 1. The highest BCUT2D eigenvalue weighted by Gasteiger charge is 2.15. The molecule has 0 amide bonds. The molecule has 3 rings (SSSR count). The first-order valence-corrected chi connectivity index (χ1v) is 8.81. The number of aryl methyl sites for hydroxylation is 1. The Morgan fingerprint density at radius 2 is 1.96 bits per heavy atom. The molecule has 0 aliphatic carbocycles. The van der Waals surface area contributed by atoms with Crippen LogP contribution in [-0.4, -0.2) is 20.9 Å². The van der Waals surface area contributed by atoms with Crippen molar-refractivity contribution in [3.05, 3.63) is 46.3 Å². The molecule has 1 aromatic carbocycles. The summed E-state index contributed by atoms with van der Waals surface area (Å²) in [6, 6.07) is 5.44. The molecular formula is C18H20Cl2N4. The second-order valence-electron chi connectivity index (χ2n) is 6.19. The summed E-state index contributed by atoms with van der Waals surface area (Å²) >= 11 is 12.4. The molecule has 1 N–H and O–H groups in total. The molecule has 0 atom stereocenters. The van der Waals surface area contributed by atoms with Crippen LogP contribution in [0.5, 0.6) is 0 Å². The fourth-order valence-electron chi connectivity index (χ4n) is 2.48. The highest BCUT2D eigenvalue weighted by Crippen LogP contribution is 2.32. The van der Waals surface area contributed by atoms with Gasteiger partial charge in [0.15, 0.2) is 5.65 Å². The topological polar surface area (TPSA) is 42.2 Å². The minimum absolute atomic E-state index is 0.527. The number of hydrogen-bond acceptors (Lipinski definition) is 3. The van der Waals surface area contributed by atoms with Gasteiger partial charge in [-0.3, -0.25) is 0 Å². The Kier molecular flexibility index (Phi) is 4.97. The van der Waals surface area contributed by atoms with E-state index in [-0.39, 0.29) is 0 Å². The van der Waals surface area contributed by atoms with E-state index < -0.39 is 0 Å². The zero-order valence-corrected chi connectivity index (χ0v) is 15.5. The van der Waals surface area contributed by atoms with Crippen LogP contribution in [0, 0.1) is 5.92 Å². The van der Waals surface area contributed by atoms with Gasteiger partial charge in [0.1, 0.15) is 11.5 Å². The first-order valence-electron chi connectivity index (χ1n) is 8.05. The number of fused-ring (bicyclic) bond motifs is 1. The maximum atomic E-state index is 6.40. The fraction of sp³-hybridized carbons (Fsp3) is 0.333. The average Bonchev–Trinajstić information content (AvgIpc) is 2.95. The Balaban J connectivity index is 2.17. The molecule has 0 bridgehead atoms. The molecule has 6 heteroatoms. The van der Waals surface area contributed by atoms with Crippen LogP contribution >= 0.6 is 23.2 Å². The van der Waals surface area contributed by atoms with Crippen molar-refractivity contribution in [3.63, 3.8) is 0 Å². The highest BCUT2D eigenvalue weighted by molar-refractivity contribution is 6.36. The summed E-state index contributed by atoms with van der Waals surface area (Å²) in [6.45, 7) is 7.26. The number of imidazole rings is 1. The van der Waals surface area contributed by atoms with E-state index in [1.54, 1.807) is 6.07 Å². The minimum Gasteiger partial charge on any atom is -0.369 e. The number of nitrogens with one attached hydrogen (secondary N) is 1. The minimum atomic E-state index is 0.527. The normalized spacial score (nSPS) is 11.4. The van der Waals surface area contributed by atoms with Crippen molar-refractivity contribution in [2.24, 2.45) is 5.92 Å². The van der Waals surface area contributed by atoms with E-state index in [1.807, 2.05) is 28.9 Å². The van der Waals surface area contributed by atoms with Crippen molar-refractivity contribution < 1.29 is 0 Å². The molecule has 0 aliphatic heterocycles. The molecular weight excluding hydrogens is 343 g/mol. The standard InChI is InChI=1S/C18H20Cl2N4/c1-4-13-9-24-10-16(21-8-11(2)3)23-17(18(24)22-13)14-6-5-12(19)7-15(14)20/h5-7,9-11,21H,4,8H2,1-3H3. The van der Waals surface area contributed by atoms with Crippen molar-refractivity contribution in [2.45, 2.75) is 27.2 Å². The molecule has 0 saturated heterocycles. The fourth-order valence-corrected chi connectivity index (χ4v) is 2.97. The SMILES string of the molecule is CCc1cn2cc(NCC(C)C)nc(-c3ccc(Cl)cc3Cl)c2n1. The lowest BCUT2D eigenvalue weighted by molar-refractivity contribution is 0.686. The Hall–Kier alpha value is -1.78. The van der Waals surface area contributed by atoms with Crippen LogP contribution in [0.15, 0.2) is 30.6 Å². The van der Waals surface area contributed by atoms with Gasteiger partial charge in [0.05, 0.1) is 16.9 Å². The second-order valence-corrected chi connectivity index (χ2v) is 7.03. The van der Waals surface area contributed by atoms with E-state index >= 15 is 0 Å². The van der Waals surface area contributed by atoms with E-state index in [0.717, 1.165) is 41.4 Å².